The molecule has 2 aromatic carbocycles. The maximum atomic E-state index is 13.7. The molecule has 7 heteroatoms. The van der Waals surface area contributed by atoms with Crippen LogP contribution in [0.4, 0.5) is 0 Å². The van der Waals surface area contributed by atoms with Gasteiger partial charge in [0.15, 0.2) is 0 Å². The second-order valence-electron chi connectivity index (χ2n) is 8.62. The zero-order chi connectivity index (χ0) is 24.8. The molecule has 1 aliphatic heterocycles. The Morgan fingerprint density at radius 2 is 1.66 bits per heavy atom. The van der Waals surface area contributed by atoms with Gasteiger partial charge in [-0.3, -0.25) is 9.59 Å². The van der Waals surface area contributed by atoms with Crippen molar-refractivity contribution >= 4 is 23.2 Å². The summed E-state index contributed by atoms with van der Waals surface area (Å²) in [6.07, 6.45) is 2.61. The van der Waals surface area contributed by atoms with Crippen molar-refractivity contribution in [2.24, 2.45) is 0 Å². The molecular weight excluding hydrogens is 460 g/mol. The molecule has 0 radical (unpaired) electrons. The van der Waals surface area contributed by atoms with Gasteiger partial charge in [0.25, 0.3) is 5.91 Å². The van der Waals surface area contributed by atoms with E-state index in [4.69, 9.17) is 9.47 Å². The van der Waals surface area contributed by atoms with Crippen molar-refractivity contribution < 1.29 is 19.1 Å². The van der Waals surface area contributed by atoms with Gasteiger partial charge < -0.3 is 19.3 Å². The van der Waals surface area contributed by atoms with E-state index >= 15 is 0 Å². The van der Waals surface area contributed by atoms with Gasteiger partial charge in [-0.05, 0) is 71.8 Å². The Hall–Kier alpha value is -3.32. The number of thiophene rings is 1. The minimum Gasteiger partial charge on any atom is -0.497 e. The van der Waals surface area contributed by atoms with E-state index in [-0.39, 0.29) is 24.4 Å². The summed E-state index contributed by atoms with van der Waals surface area (Å²) in [4.78, 5) is 32.0. The number of carbonyl (C=O) groups excluding carboxylic acids is 2. The average Bonchev–Trinajstić information content (AvgIpc) is 3.39. The number of fused-ring (bicyclic) bond motifs is 1. The molecule has 0 fully saturated rings. The number of benzene rings is 2. The Morgan fingerprint density at radius 3 is 2.29 bits per heavy atom. The molecule has 1 aliphatic rings. The molecule has 3 aromatic rings. The number of rotatable bonds is 9. The minimum atomic E-state index is -0.174. The molecule has 0 bridgehead atoms. The van der Waals surface area contributed by atoms with E-state index in [9.17, 15) is 9.59 Å². The van der Waals surface area contributed by atoms with Crippen LogP contribution in [-0.2, 0) is 11.2 Å². The molecule has 1 aromatic heterocycles. The van der Waals surface area contributed by atoms with Crippen LogP contribution in [0.3, 0.4) is 0 Å². The summed E-state index contributed by atoms with van der Waals surface area (Å²) in [5.41, 5.74) is 2.77. The van der Waals surface area contributed by atoms with Crippen molar-refractivity contribution in [2.45, 2.75) is 32.2 Å². The highest BCUT2D eigenvalue weighted by Gasteiger charge is 2.34. The first-order valence-electron chi connectivity index (χ1n) is 12.0. The Labute approximate surface area is 211 Å². The lowest BCUT2D eigenvalue weighted by Crippen LogP contribution is -2.47. The number of carbonyl (C=O) groups is 2. The van der Waals surface area contributed by atoms with Crippen molar-refractivity contribution in [3.63, 3.8) is 0 Å². The van der Waals surface area contributed by atoms with E-state index in [1.807, 2.05) is 29.2 Å². The summed E-state index contributed by atoms with van der Waals surface area (Å²) in [7, 11) is 3.24. The fourth-order valence-corrected chi connectivity index (χ4v) is 5.41. The second kappa shape index (κ2) is 11.4. The van der Waals surface area contributed by atoms with E-state index in [1.54, 1.807) is 54.7 Å². The molecule has 0 saturated heterocycles. The van der Waals surface area contributed by atoms with Crippen LogP contribution in [0.15, 0.2) is 60.0 Å². The van der Waals surface area contributed by atoms with Crippen molar-refractivity contribution in [2.75, 3.05) is 33.9 Å². The van der Waals surface area contributed by atoms with Crippen LogP contribution in [0, 0.1) is 0 Å². The number of unbranched alkanes of at least 4 members (excludes halogenated alkanes) is 1. The molecular formula is C28H32N2O4S. The van der Waals surface area contributed by atoms with Gasteiger partial charge in [0.2, 0.25) is 5.91 Å². The van der Waals surface area contributed by atoms with Gasteiger partial charge in [-0.15, -0.1) is 11.3 Å². The van der Waals surface area contributed by atoms with Crippen LogP contribution in [0.5, 0.6) is 11.5 Å². The summed E-state index contributed by atoms with van der Waals surface area (Å²) < 4.78 is 10.5. The van der Waals surface area contributed by atoms with Crippen LogP contribution >= 0.6 is 11.3 Å². The minimum absolute atomic E-state index is 0.0411. The van der Waals surface area contributed by atoms with Gasteiger partial charge in [0.05, 0.1) is 20.3 Å². The topological polar surface area (TPSA) is 59.1 Å². The number of hydrogen-bond acceptors (Lipinski definition) is 5. The number of amides is 2. The molecule has 0 aliphatic carbocycles. The summed E-state index contributed by atoms with van der Waals surface area (Å²) in [5, 5.41) is 2.09. The molecule has 1 unspecified atom stereocenters. The summed E-state index contributed by atoms with van der Waals surface area (Å²) in [5.74, 6) is 1.30. The maximum Gasteiger partial charge on any atom is 0.254 e. The highest BCUT2D eigenvalue weighted by molar-refractivity contribution is 7.10. The van der Waals surface area contributed by atoms with Crippen LogP contribution in [0.1, 0.15) is 52.2 Å². The van der Waals surface area contributed by atoms with E-state index in [2.05, 4.69) is 18.4 Å². The van der Waals surface area contributed by atoms with E-state index in [0.29, 0.717) is 24.4 Å². The lowest BCUT2D eigenvalue weighted by molar-refractivity contribution is -0.134. The smallest absolute Gasteiger partial charge is 0.254 e. The quantitative estimate of drug-likeness (QED) is 0.413. The third-order valence-electron chi connectivity index (χ3n) is 6.45. The maximum absolute atomic E-state index is 13.7. The number of hydrogen-bond donors (Lipinski definition) is 0. The van der Waals surface area contributed by atoms with Crippen LogP contribution in [0.25, 0.3) is 0 Å². The molecule has 0 saturated carbocycles. The van der Waals surface area contributed by atoms with Gasteiger partial charge in [-0.2, -0.15) is 0 Å². The van der Waals surface area contributed by atoms with Crippen LogP contribution in [-0.4, -0.2) is 55.5 Å². The zero-order valence-electron chi connectivity index (χ0n) is 20.5. The standard InChI is InChI=1S/C28H32N2O4S/c1-4-5-16-29(28(32)21-8-12-23(34-3)13-9-21)19-26(31)30-17-14-25-24(15-18-35-25)27(30)20-6-10-22(33-2)11-7-20/h6-13,15,18,27H,4-5,14,16-17,19H2,1-3H3. The van der Waals surface area contributed by atoms with E-state index in [0.717, 1.165) is 30.6 Å². The van der Waals surface area contributed by atoms with Crippen molar-refractivity contribution in [1.82, 2.24) is 9.80 Å². The SMILES string of the molecule is CCCCN(CC(=O)N1CCc2sccc2C1c1ccc(OC)cc1)C(=O)c1ccc(OC)cc1. The van der Waals surface area contributed by atoms with Gasteiger partial charge >= 0.3 is 0 Å². The lowest BCUT2D eigenvalue weighted by atomic mass is 9.93. The molecule has 2 amide bonds. The molecule has 2 heterocycles. The van der Waals surface area contributed by atoms with Crippen molar-refractivity contribution in [3.05, 3.63) is 81.5 Å². The average molecular weight is 493 g/mol. The summed E-state index contributed by atoms with van der Waals surface area (Å²) >= 11 is 1.74. The number of methoxy groups -OCH3 is 2. The zero-order valence-corrected chi connectivity index (χ0v) is 21.3. The number of ether oxygens (including phenoxy) is 2. The van der Waals surface area contributed by atoms with Gasteiger partial charge in [-0.1, -0.05) is 25.5 Å². The fourth-order valence-electron chi connectivity index (χ4n) is 4.50. The van der Waals surface area contributed by atoms with Gasteiger partial charge in [0.1, 0.15) is 18.0 Å². The fraction of sp³-hybridized carbons (Fsp3) is 0.357. The van der Waals surface area contributed by atoms with E-state index in [1.165, 1.54) is 10.4 Å². The molecule has 35 heavy (non-hydrogen) atoms. The molecule has 0 N–H and O–H groups in total. The Morgan fingerprint density at radius 1 is 1.00 bits per heavy atom. The first-order chi connectivity index (χ1) is 17.0. The summed E-state index contributed by atoms with van der Waals surface area (Å²) in [6, 6.07) is 16.9. The molecule has 6 nitrogen and oxygen atoms in total. The predicted molar refractivity (Wildman–Crippen MR) is 138 cm³/mol. The highest BCUT2D eigenvalue weighted by atomic mass is 32.1. The number of nitrogens with zero attached hydrogens (tertiary/aromatic N) is 2. The van der Waals surface area contributed by atoms with Crippen molar-refractivity contribution in [1.29, 1.82) is 0 Å². The normalized spacial score (nSPS) is 14.8. The predicted octanol–water partition coefficient (Wildman–Crippen LogP) is 5.18. The molecule has 184 valence electrons. The van der Waals surface area contributed by atoms with Gasteiger partial charge in [-0.25, -0.2) is 0 Å². The molecule has 1 atom stereocenters. The molecule has 4 rings (SSSR count). The highest BCUT2D eigenvalue weighted by Crippen LogP contribution is 2.38. The monoisotopic (exact) mass is 492 g/mol. The Bertz CT molecular complexity index is 1140. The van der Waals surface area contributed by atoms with Gasteiger partial charge in [0, 0.05) is 23.5 Å². The first-order valence-corrected chi connectivity index (χ1v) is 12.9. The van der Waals surface area contributed by atoms with Crippen molar-refractivity contribution in [3.8, 4) is 11.5 Å². The third kappa shape index (κ3) is 5.51. The Kier molecular flexibility index (Phi) is 8.08. The third-order valence-corrected chi connectivity index (χ3v) is 7.45. The summed E-state index contributed by atoms with van der Waals surface area (Å²) in [6.45, 7) is 3.30. The largest absolute Gasteiger partial charge is 0.497 e. The first kappa shape index (κ1) is 24.8. The lowest BCUT2D eigenvalue weighted by Gasteiger charge is -2.37. The van der Waals surface area contributed by atoms with E-state index < -0.39 is 0 Å². The Balaban J connectivity index is 1.59. The van der Waals surface area contributed by atoms with Crippen LogP contribution in [0.2, 0.25) is 0 Å². The van der Waals surface area contributed by atoms with Crippen LogP contribution < -0.4 is 9.47 Å². The second-order valence-corrected chi connectivity index (χ2v) is 9.62. The molecule has 0 spiro atoms.